The number of ether oxygens (including phenoxy) is 1. The van der Waals surface area contributed by atoms with Crippen LogP contribution in [-0.2, 0) is 14.3 Å². The third-order valence-corrected chi connectivity index (χ3v) is 7.96. The summed E-state index contributed by atoms with van der Waals surface area (Å²) in [5.41, 5.74) is 1.98. The summed E-state index contributed by atoms with van der Waals surface area (Å²) < 4.78 is 5.53. The largest absolute Gasteiger partial charge is 0.463 e. The van der Waals surface area contributed by atoms with Gasteiger partial charge >= 0.3 is 5.97 Å². The van der Waals surface area contributed by atoms with Gasteiger partial charge < -0.3 is 4.74 Å². The number of rotatable bonds is 1. The second-order valence-electron chi connectivity index (χ2n) is 9.34. The molecule has 4 aliphatic carbocycles. The highest BCUT2D eigenvalue weighted by Crippen LogP contribution is 2.64. The summed E-state index contributed by atoms with van der Waals surface area (Å²) in [5, 5.41) is 0. The Balaban J connectivity index is 1.57. The first-order valence-electron chi connectivity index (χ1n) is 9.74. The minimum atomic E-state index is -0.139. The first-order valence-corrected chi connectivity index (χ1v) is 9.74. The van der Waals surface area contributed by atoms with Crippen molar-refractivity contribution in [3.63, 3.8) is 0 Å². The average Bonchev–Trinajstić information content (AvgIpc) is 2.81. The number of ketones is 1. The monoisotopic (exact) mass is 330 g/mol. The SMILES string of the molecule is CC(=O)O[C@H]1CC[C@@]2(C)[C@@H](CC[C@H]3C4=CC(=O)C[C@@]4(C)CC[C@@H]32)C1. The van der Waals surface area contributed by atoms with Crippen LogP contribution in [0, 0.1) is 28.6 Å². The van der Waals surface area contributed by atoms with Crippen molar-refractivity contribution in [2.24, 2.45) is 28.6 Å². The van der Waals surface area contributed by atoms with E-state index in [2.05, 4.69) is 13.8 Å². The molecular formula is C21H30O3. The highest BCUT2D eigenvalue weighted by atomic mass is 16.5. The number of carbonyl (C=O) groups excluding carboxylic acids is 2. The molecular weight excluding hydrogens is 300 g/mol. The lowest BCUT2D eigenvalue weighted by molar-refractivity contribution is -0.155. The van der Waals surface area contributed by atoms with Crippen LogP contribution >= 0.6 is 0 Å². The zero-order chi connectivity index (χ0) is 17.1. The number of hydrogen-bond donors (Lipinski definition) is 0. The molecule has 0 aliphatic heterocycles. The fourth-order valence-electron chi connectivity index (χ4n) is 6.75. The van der Waals surface area contributed by atoms with Crippen LogP contribution in [-0.4, -0.2) is 17.9 Å². The molecule has 3 nitrogen and oxygen atoms in total. The quantitative estimate of drug-likeness (QED) is 0.667. The lowest BCUT2D eigenvalue weighted by Crippen LogP contribution is -2.51. The molecule has 0 saturated heterocycles. The van der Waals surface area contributed by atoms with E-state index in [0.717, 1.165) is 25.7 Å². The summed E-state index contributed by atoms with van der Waals surface area (Å²) >= 11 is 0. The van der Waals surface area contributed by atoms with Crippen LogP contribution in [0.1, 0.15) is 72.1 Å². The van der Waals surface area contributed by atoms with Crippen LogP contribution < -0.4 is 0 Å². The van der Waals surface area contributed by atoms with Gasteiger partial charge in [-0.3, -0.25) is 9.59 Å². The van der Waals surface area contributed by atoms with Gasteiger partial charge in [-0.15, -0.1) is 0 Å². The predicted molar refractivity (Wildman–Crippen MR) is 92.3 cm³/mol. The maximum atomic E-state index is 12.1. The Kier molecular flexibility index (Phi) is 3.71. The van der Waals surface area contributed by atoms with Gasteiger partial charge in [0, 0.05) is 13.3 Å². The summed E-state index contributed by atoms with van der Waals surface area (Å²) in [5.74, 6) is 2.19. The van der Waals surface area contributed by atoms with Crippen molar-refractivity contribution in [2.75, 3.05) is 0 Å². The molecule has 0 radical (unpaired) electrons. The average molecular weight is 330 g/mol. The molecule has 6 atom stereocenters. The molecule has 0 unspecified atom stereocenters. The first-order chi connectivity index (χ1) is 11.3. The minimum Gasteiger partial charge on any atom is -0.463 e. The normalized spacial score (nSPS) is 47.3. The fraction of sp³-hybridized carbons (Fsp3) is 0.810. The van der Waals surface area contributed by atoms with E-state index in [4.69, 9.17) is 4.74 Å². The van der Waals surface area contributed by atoms with Crippen molar-refractivity contribution in [1.29, 1.82) is 0 Å². The van der Waals surface area contributed by atoms with E-state index in [0.29, 0.717) is 29.0 Å². The van der Waals surface area contributed by atoms with E-state index in [1.807, 2.05) is 6.08 Å². The summed E-state index contributed by atoms with van der Waals surface area (Å²) in [6.45, 7) is 6.32. The zero-order valence-electron chi connectivity index (χ0n) is 15.3. The Morgan fingerprint density at radius 3 is 2.71 bits per heavy atom. The van der Waals surface area contributed by atoms with E-state index in [-0.39, 0.29) is 17.5 Å². The van der Waals surface area contributed by atoms with E-state index in [1.165, 1.54) is 38.2 Å². The van der Waals surface area contributed by atoms with Crippen LogP contribution in [0.5, 0.6) is 0 Å². The molecule has 4 aliphatic rings. The third kappa shape index (κ3) is 2.38. The lowest BCUT2D eigenvalue weighted by Gasteiger charge is -2.59. The van der Waals surface area contributed by atoms with E-state index < -0.39 is 0 Å². The molecule has 0 heterocycles. The van der Waals surface area contributed by atoms with Crippen LogP contribution in [0.3, 0.4) is 0 Å². The van der Waals surface area contributed by atoms with Gasteiger partial charge in [-0.1, -0.05) is 19.4 Å². The highest BCUT2D eigenvalue weighted by molar-refractivity contribution is 5.94. The van der Waals surface area contributed by atoms with Crippen LogP contribution in [0.25, 0.3) is 0 Å². The molecule has 0 aromatic rings. The Morgan fingerprint density at radius 2 is 1.96 bits per heavy atom. The van der Waals surface area contributed by atoms with Crippen LogP contribution in [0.2, 0.25) is 0 Å². The van der Waals surface area contributed by atoms with Gasteiger partial charge in [-0.05, 0) is 79.6 Å². The molecule has 0 amide bonds. The number of allylic oxidation sites excluding steroid dienone is 2. The Hall–Kier alpha value is -1.12. The molecule has 0 spiro atoms. The van der Waals surface area contributed by atoms with Gasteiger partial charge in [-0.25, -0.2) is 0 Å². The maximum Gasteiger partial charge on any atom is 0.302 e. The molecule has 0 aromatic heterocycles. The molecule has 3 saturated carbocycles. The number of hydrogen-bond acceptors (Lipinski definition) is 3. The second-order valence-corrected chi connectivity index (χ2v) is 9.34. The summed E-state index contributed by atoms with van der Waals surface area (Å²) in [7, 11) is 0. The van der Waals surface area contributed by atoms with Crippen molar-refractivity contribution < 1.29 is 14.3 Å². The molecule has 0 N–H and O–H groups in total. The molecule has 132 valence electrons. The summed E-state index contributed by atoms with van der Waals surface area (Å²) in [6, 6.07) is 0. The molecule has 3 fully saturated rings. The number of carbonyl (C=O) groups is 2. The maximum absolute atomic E-state index is 12.1. The van der Waals surface area contributed by atoms with Gasteiger partial charge in [0.2, 0.25) is 0 Å². The fourth-order valence-corrected chi connectivity index (χ4v) is 6.75. The van der Waals surface area contributed by atoms with Crippen LogP contribution in [0.15, 0.2) is 11.6 Å². The van der Waals surface area contributed by atoms with Gasteiger partial charge in [0.05, 0.1) is 0 Å². The number of esters is 1. The van der Waals surface area contributed by atoms with Crippen LogP contribution in [0.4, 0.5) is 0 Å². The Morgan fingerprint density at radius 1 is 1.17 bits per heavy atom. The van der Waals surface area contributed by atoms with Crippen molar-refractivity contribution >= 4 is 11.8 Å². The lowest BCUT2D eigenvalue weighted by atomic mass is 9.46. The molecule has 3 heteroatoms. The molecule has 24 heavy (non-hydrogen) atoms. The summed E-state index contributed by atoms with van der Waals surface area (Å²) in [4.78, 5) is 23.4. The standard InChI is InChI=1S/C21H30O3/c1-13(22)24-16-6-9-21(3)14(10-16)4-5-17-18(21)7-8-20(2)12-15(23)11-19(17)20/h11,14,16-18H,4-10,12H2,1-3H3/t14-,16-,17+,18-,20+,21-/m0/s1. The number of fused-ring (bicyclic) bond motifs is 5. The molecule has 4 rings (SSSR count). The van der Waals surface area contributed by atoms with Crippen molar-refractivity contribution in [2.45, 2.75) is 78.2 Å². The van der Waals surface area contributed by atoms with Crippen molar-refractivity contribution in [3.05, 3.63) is 11.6 Å². The predicted octanol–water partition coefficient (Wildman–Crippen LogP) is 4.45. The van der Waals surface area contributed by atoms with Crippen molar-refractivity contribution in [1.82, 2.24) is 0 Å². The van der Waals surface area contributed by atoms with E-state index >= 15 is 0 Å². The van der Waals surface area contributed by atoms with Gasteiger partial charge in [-0.2, -0.15) is 0 Å². The van der Waals surface area contributed by atoms with E-state index in [1.54, 1.807) is 0 Å². The molecule has 0 bridgehead atoms. The second kappa shape index (κ2) is 5.44. The third-order valence-electron chi connectivity index (χ3n) is 7.96. The smallest absolute Gasteiger partial charge is 0.302 e. The van der Waals surface area contributed by atoms with Gasteiger partial charge in [0.25, 0.3) is 0 Å². The zero-order valence-corrected chi connectivity index (χ0v) is 15.3. The van der Waals surface area contributed by atoms with E-state index in [9.17, 15) is 9.59 Å². The molecule has 0 aromatic carbocycles. The van der Waals surface area contributed by atoms with Crippen molar-refractivity contribution in [3.8, 4) is 0 Å². The Bertz CT molecular complexity index is 606. The first kappa shape index (κ1) is 16.4. The topological polar surface area (TPSA) is 43.4 Å². The van der Waals surface area contributed by atoms with Gasteiger partial charge in [0.1, 0.15) is 6.10 Å². The highest BCUT2D eigenvalue weighted by Gasteiger charge is 2.56. The minimum absolute atomic E-state index is 0.123. The van der Waals surface area contributed by atoms with Gasteiger partial charge in [0.15, 0.2) is 5.78 Å². The summed E-state index contributed by atoms with van der Waals surface area (Å²) in [6.07, 6.45) is 10.9. The Labute approximate surface area is 145 Å².